The molecule has 0 bridgehead atoms. The molecule has 0 radical (unpaired) electrons. The number of nitrogens with zero attached hydrogens (tertiary/aromatic N) is 2. The van der Waals surface area contributed by atoms with Crippen LogP contribution in [0.25, 0.3) is 6.08 Å². The molecule has 0 unspecified atom stereocenters. The number of ketones is 1. The van der Waals surface area contributed by atoms with E-state index < -0.39 is 0 Å². The van der Waals surface area contributed by atoms with Crippen molar-refractivity contribution < 1.29 is 9.90 Å². The van der Waals surface area contributed by atoms with Crippen molar-refractivity contribution in [1.29, 1.82) is 0 Å². The van der Waals surface area contributed by atoms with Crippen LogP contribution in [0.5, 0.6) is 0 Å². The summed E-state index contributed by atoms with van der Waals surface area (Å²) < 4.78 is 1.97. The molecule has 3 fully saturated rings. The van der Waals surface area contributed by atoms with E-state index in [0.717, 1.165) is 62.8 Å². The molecule has 4 nitrogen and oxygen atoms in total. The lowest BCUT2D eigenvalue weighted by Gasteiger charge is -2.56. The SMILES string of the molecule is CCn1nccc1/C=C1/C[C@@H]2[C@H]3CC=C4C[C@@H](O)CC[C@]4(C)[C@@H]3CC[C@@]2(C)C1=O. The number of rotatable bonds is 2. The number of carbonyl (C=O) groups is 1. The van der Waals surface area contributed by atoms with Gasteiger partial charge in [0.2, 0.25) is 0 Å². The monoisotopic (exact) mass is 394 g/mol. The molecule has 156 valence electrons. The van der Waals surface area contributed by atoms with Gasteiger partial charge in [-0.25, -0.2) is 0 Å². The third kappa shape index (κ3) is 2.74. The molecular weight excluding hydrogens is 360 g/mol. The van der Waals surface area contributed by atoms with E-state index in [4.69, 9.17) is 0 Å². The number of fused-ring (bicyclic) bond motifs is 5. The summed E-state index contributed by atoms with van der Waals surface area (Å²) in [5.74, 6) is 2.06. The van der Waals surface area contributed by atoms with Crippen molar-refractivity contribution in [2.24, 2.45) is 28.6 Å². The Bertz CT molecular complexity index is 896. The van der Waals surface area contributed by atoms with Gasteiger partial charge in [0.15, 0.2) is 5.78 Å². The maximum Gasteiger partial charge on any atom is 0.165 e. The Morgan fingerprint density at radius 3 is 2.79 bits per heavy atom. The number of aromatic nitrogens is 2. The number of aryl methyl sites for hydroxylation is 1. The van der Waals surface area contributed by atoms with Crippen LogP contribution in [0.2, 0.25) is 0 Å². The summed E-state index contributed by atoms with van der Waals surface area (Å²) in [6.45, 7) is 7.59. The molecule has 4 aliphatic carbocycles. The van der Waals surface area contributed by atoms with Crippen LogP contribution in [0, 0.1) is 28.6 Å². The highest BCUT2D eigenvalue weighted by atomic mass is 16.3. The maximum atomic E-state index is 13.5. The lowest BCUT2D eigenvalue weighted by atomic mass is 9.48. The summed E-state index contributed by atoms with van der Waals surface area (Å²) in [6.07, 6.45) is 13.2. The number of aliphatic hydroxyl groups excluding tert-OH is 1. The van der Waals surface area contributed by atoms with Gasteiger partial charge in [-0.05, 0) is 92.8 Å². The molecule has 3 saturated carbocycles. The highest BCUT2D eigenvalue weighted by Gasteiger charge is 2.59. The van der Waals surface area contributed by atoms with Crippen LogP contribution < -0.4 is 0 Å². The predicted molar refractivity (Wildman–Crippen MR) is 114 cm³/mol. The van der Waals surface area contributed by atoms with Gasteiger partial charge in [-0.15, -0.1) is 0 Å². The molecule has 4 heteroatoms. The second-order valence-corrected chi connectivity index (χ2v) is 10.4. The summed E-state index contributed by atoms with van der Waals surface area (Å²) in [5.41, 5.74) is 3.56. The third-order valence-corrected chi connectivity index (χ3v) is 9.09. The Hall–Kier alpha value is -1.68. The van der Waals surface area contributed by atoms with Gasteiger partial charge in [-0.2, -0.15) is 5.10 Å². The largest absolute Gasteiger partial charge is 0.393 e. The standard InChI is InChI=1S/C25H34N2O2/c1-4-27-18(9-12-26-27)13-16-14-22-20-6-5-17-15-19(28)7-10-24(17,2)21(20)8-11-25(22,3)23(16)29/h5,9,12-13,19-22,28H,4,6-8,10-11,14-15H2,1-3H3/b16-13-/t19-,20-,21+,22+,24-,25+/m0/s1. The molecule has 29 heavy (non-hydrogen) atoms. The molecule has 0 aromatic carbocycles. The maximum absolute atomic E-state index is 13.5. The van der Waals surface area contributed by atoms with Gasteiger partial charge in [-0.3, -0.25) is 9.48 Å². The minimum atomic E-state index is -0.208. The van der Waals surface area contributed by atoms with E-state index >= 15 is 0 Å². The van der Waals surface area contributed by atoms with Crippen LogP contribution in [0.1, 0.15) is 71.4 Å². The predicted octanol–water partition coefficient (Wildman–Crippen LogP) is 4.79. The van der Waals surface area contributed by atoms with Crippen molar-refractivity contribution >= 4 is 11.9 Å². The highest BCUT2D eigenvalue weighted by molar-refractivity contribution is 6.05. The molecule has 1 N–H and O–H groups in total. The minimum absolute atomic E-state index is 0.161. The van der Waals surface area contributed by atoms with E-state index in [1.54, 1.807) is 0 Å². The molecular formula is C25H34N2O2. The molecule has 6 atom stereocenters. The fourth-order valence-electron chi connectivity index (χ4n) is 7.35. The van der Waals surface area contributed by atoms with Crippen molar-refractivity contribution in [3.63, 3.8) is 0 Å². The number of allylic oxidation sites excluding steroid dienone is 2. The summed E-state index contributed by atoms with van der Waals surface area (Å²) >= 11 is 0. The van der Waals surface area contributed by atoms with Crippen LogP contribution in [0.15, 0.2) is 29.5 Å². The Morgan fingerprint density at radius 2 is 2.00 bits per heavy atom. The van der Waals surface area contributed by atoms with E-state index in [2.05, 4.69) is 38.0 Å². The van der Waals surface area contributed by atoms with Gasteiger partial charge in [0.05, 0.1) is 11.8 Å². The van der Waals surface area contributed by atoms with Crippen molar-refractivity contribution in [2.75, 3.05) is 0 Å². The van der Waals surface area contributed by atoms with Crippen molar-refractivity contribution in [3.05, 3.63) is 35.2 Å². The second kappa shape index (κ2) is 6.66. The first-order chi connectivity index (χ1) is 13.9. The van der Waals surface area contributed by atoms with Crippen LogP contribution >= 0.6 is 0 Å². The van der Waals surface area contributed by atoms with Crippen LogP contribution in [0.3, 0.4) is 0 Å². The number of Topliss-reactive ketones (excluding diaryl/α,β-unsaturated/α-hetero) is 1. The van der Waals surface area contributed by atoms with E-state index in [9.17, 15) is 9.90 Å². The Labute approximate surface area is 174 Å². The average Bonchev–Trinajstić information content (AvgIpc) is 3.25. The molecule has 0 aliphatic heterocycles. The number of carbonyl (C=O) groups excluding carboxylic acids is 1. The molecule has 1 aromatic heterocycles. The Balaban J connectivity index is 1.48. The highest BCUT2D eigenvalue weighted by Crippen LogP contribution is 2.64. The quantitative estimate of drug-likeness (QED) is 0.580. The van der Waals surface area contributed by atoms with Gasteiger partial charge in [0.1, 0.15) is 0 Å². The van der Waals surface area contributed by atoms with Gasteiger partial charge in [0.25, 0.3) is 0 Å². The number of hydrogen-bond acceptors (Lipinski definition) is 3. The third-order valence-electron chi connectivity index (χ3n) is 9.09. The summed E-state index contributed by atoms with van der Waals surface area (Å²) in [7, 11) is 0. The molecule has 5 rings (SSSR count). The molecule has 1 heterocycles. The summed E-state index contributed by atoms with van der Waals surface area (Å²) in [4.78, 5) is 13.5. The second-order valence-electron chi connectivity index (χ2n) is 10.4. The smallest absolute Gasteiger partial charge is 0.165 e. The molecule has 1 aromatic rings. The topological polar surface area (TPSA) is 55.1 Å². The average molecular weight is 395 g/mol. The van der Waals surface area contributed by atoms with E-state index in [0.29, 0.717) is 23.5 Å². The van der Waals surface area contributed by atoms with Crippen molar-refractivity contribution in [2.45, 2.75) is 78.4 Å². The Kier molecular flexibility index (Phi) is 4.43. The molecule has 4 aliphatic rings. The summed E-state index contributed by atoms with van der Waals surface area (Å²) in [6, 6.07) is 2.01. The zero-order valence-corrected chi connectivity index (χ0v) is 18.0. The van der Waals surface area contributed by atoms with Crippen molar-refractivity contribution in [1.82, 2.24) is 9.78 Å². The van der Waals surface area contributed by atoms with Gasteiger partial charge in [-0.1, -0.05) is 25.5 Å². The van der Waals surface area contributed by atoms with E-state index in [1.807, 2.05) is 16.9 Å². The Morgan fingerprint density at radius 1 is 1.21 bits per heavy atom. The number of aliphatic hydroxyl groups is 1. The van der Waals surface area contributed by atoms with Crippen LogP contribution in [-0.4, -0.2) is 26.8 Å². The zero-order chi connectivity index (χ0) is 20.4. The number of hydrogen-bond donors (Lipinski definition) is 1. The molecule has 0 saturated heterocycles. The van der Waals surface area contributed by atoms with Crippen LogP contribution in [-0.2, 0) is 11.3 Å². The van der Waals surface area contributed by atoms with Gasteiger partial charge < -0.3 is 5.11 Å². The van der Waals surface area contributed by atoms with Crippen molar-refractivity contribution in [3.8, 4) is 0 Å². The minimum Gasteiger partial charge on any atom is -0.393 e. The summed E-state index contributed by atoms with van der Waals surface area (Å²) in [5, 5.41) is 14.6. The normalized spacial score (nSPS) is 43.0. The van der Waals surface area contributed by atoms with E-state index in [1.165, 1.54) is 5.57 Å². The fraction of sp³-hybridized carbons (Fsp3) is 0.680. The van der Waals surface area contributed by atoms with Gasteiger partial charge >= 0.3 is 0 Å². The lowest BCUT2D eigenvalue weighted by molar-refractivity contribution is -0.130. The first kappa shape index (κ1) is 19.3. The zero-order valence-electron chi connectivity index (χ0n) is 18.0. The van der Waals surface area contributed by atoms with Gasteiger partial charge in [0, 0.05) is 18.2 Å². The lowest BCUT2D eigenvalue weighted by Crippen LogP contribution is -2.50. The van der Waals surface area contributed by atoms with Crippen LogP contribution in [0.4, 0.5) is 0 Å². The fourth-order valence-corrected chi connectivity index (χ4v) is 7.35. The molecule has 0 amide bonds. The van der Waals surface area contributed by atoms with E-state index in [-0.39, 0.29) is 16.9 Å². The first-order valence-corrected chi connectivity index (χ1v) is 11.5. The molecule has 0 spiro atoms. The first-order valence-electron chi connectivity index (χ1n) is 11.5.